The molecule has 168 valence electrons. The van der Waals surface area contributed by atoms with Crippen molar-refractivity contribution in [2.45, 2.75) is 37.7 Å². The fourth-order valence-electron chi connectivity index (χ4n) is 5.17. The summed E-state index contributed by atoms with van der Waals surface area (Å²) in [5.41, 5.74) is 0.664. The van der Waals surface area contributed by atoms with Crippen molar-refractivity contribution in [2.75, 3.05) is 44.7 Å². The first-order valence-corrected chi connectivity index (χ1v) is 11.6. The van der Waals surface area contributed by atoms with E-state index in [1.165, 1.54) is 6.07 Å². The molecule has 2 atom stereocenters. The standard InChI is InChI=1S/C25H32ClFN2O2/c1-31-24-11-3-2-10-23(24)29-15-13-28(14-16-29)18-19-7-4-5-12-25(19,30)17-20-21(26)8-6-9-22(20)27/h2-3,6,8-11,19,30H,4-5,7,12-18H2,1H3. The maximum Gasteiger partial charge on any atom is 0.142 e. The number of methoxy groups -OCH3 is 1. The lowest BCUT2D eigenvalue weighted by molar-refractivity contribution is -0.0599. The Labute approximate surface area is 189 Å². The zero-order valence-electron chi connectivity index (χ0n) is 18.2. The average molecular weight is 447 g/mol. The van der Waals surface area contributed by atoms with E-state index in [1.807, 2.05) is 18.2 Å². The number of para-hydroxylation sites is 2. The number of hydrogen-bond donors (Lipinski definition) is 1. The Balaban J connectivity index is 1.41. The smallest absolute Gasteiger partial charge is 0.142 e. The zero-order valence-corrected chi connectivity index (χ0v) is 19.0. The van der Waals surface area contributed by atoms with E-state index >= 15 is 0 Å². The predicted molar refractivity (Wildman–Crippen MR) is 124 cm³/mol. The minimum Gasteiger partial charge on any atom is -0.495 e. The fraction of sp³-hybridized carbons (Fsp3) is 0.520. The Bertz CT molecular complexity index is 867. The number of nitrogens with zero attached hydrogens (tertiary/aromatic N) is 2. The van der Waals surface area contributed by atoms with Crippen LogP contribution >= 0.6 is 11.6 Å². The lowest BCUT2D eigenvalue weighted by Gasteiger charge is -2.44. The third-order valence-corrected chi connectivity index (χ3v) is 7.35. The summed E-state index contributed by atoms with van der Waals surface area (Å²) in [5, 5.41) is 12.0. The van der Waals surface area contributed by atoms with Gasteiger partial charge < -0.3 is 14.7 Å². The molecule has 2 aromatic carbocycles. The van der Waals surface area contributed by atoms with E-state index in [0.29, 0.717) is 17.0 Å². The summed E-state index contributed by atoms with van der Waals surface area (Å²) in [6, 6.07) is 12.9. The lowest BCUT2D eigenvalue weighted by atomic mass is 9.72. The highest BCUT2D eigenvalue weighted by molar-refractivity contribution is 6.31. The van der Waals surface area contributed by atoms with Crippen LogP contribution in [0.15, 0.2) is 42.5 Å². The van der Waals surface area contributed by atoms with Gasteiger partial charge in [-0.15, -0.1) is 0 Å². The van der Waals surface area contributed by atoms with Gasteiger partial charge in [0, 0.05) is 55.6 Å². The molecular formula is C25H32ClFN2O2. The summed E-state index contributed by atoms with van der Waals surface area (Å²) in [6.07, 6.45) is 4.03. The molecule has 1 aliphatic heterocycles. The van der Waals surface area contributed by atoms with Gasteiger partial charge in [0.1, 0.15) is 11.6 Å². The van der Waals surface area contributed by atoms with Crippen molar-refractivity contribution in [1.82, 2.24) is 4.90 Å². The minimum absolute atomic E-state index is 0.120. The molecule has 4 rings (SSSR count). The van der Waals surface area contributed by atoms with Crippen molar-refractivity contribution in [1.29, 1.82) is 0 Å². The Morgan fingerprint density at radius 1 is 1.10 bits per heavy atom. The largest absolute Gasteiger partial charge is 0.495 e. The van der Waals surface area contributed by atoms with E-state index in [-0.39, 0.29) is 18.2 Å². The van der Waals surface area contributed by atoms with Gasteiger partial charge in [-0.2, -0.15) is 0 Å². The third-order valence-electron chi connectivity index (χ3n) is 6.99. The first kappa shape index (κ1) is 22.4. The molecule has 0 radical (unpaired) electrons. The van der Waals surface area contributed by atoms with Crippen molar-refractivity contribution in [3.05, 3.63) is 58.9 Å². The van der Waals surface area contributed by atoms with E-state index in [4.69, 9.17) is 16.3 Å². The van der Waals surface area contributed by atoms with Crippen molar-refractivity contribution in [3.63, 3.8) is 0 Å². The van der Waals surface area contributed by atoms with E-state index in [1.54, 1.807) is 19.2 Å². The molecule has 0 bridgehead atoms. The number of hydrogen-bond acceptors (Lipinski definition) is 4. The fourth-order valence-corrected chi connectivity index (χ4v) is 5.40. The lowest BCUT2D eigenvalue weighted by Crippen LogP contribution is -2.53. The van der Waals surface area contributed by atoms with Crippen LogP contribution in [0, 0.1) is 11.7 Å². The highest BCUT2D eigenvalue weighted by atomic mass is 35.5. The molecule has 2 aliphatic rings. The van der Waals surface area contributed by atoms with E-state index in [2.05, 4.69) is 15.9 Å². The number of aliphatic hydroxyl groups is 1. The summed E-state index contributed by atoms with van der Waals surface area (Å²) >= 11 is 6.27. The monoisotopic (exact) mass is 446 g/mol. The highest BCUT2D eigenvalue weighted by Gasteiger charge is 2.41. The summed E-state index contributed by atoms with van der Waals surface area (Å²) < 4.78 is 19.9. The quantitative estimate of drug-likeness (QED) is 0.693. The van der Waals surface area contributed by atoms with Gasteiger partial charge in [0.15, 0.2) is 0 Å². The molecule has 2 aromatic rings. The van der Waals surface area contributed by atoms with Crippen molar-refractivity contribution < 1.29 is 14.2 Å². The second-order valence-corrected chi connectivity index (χ2v) is 9.29. The number of halogens is 2. The molecule has 1 saturated carbocycles. The van der Waals surface area contributed by atoms with Crippen molar-refractivity contribution >= 4 is 17.3 Å². The van der Waals surface area contributed by atoms with Gasteiger partial charge in [-0.25, -0.2) is 4.39 Å². The first-order valence-electron chi connectivity index (χ1n) is 11.3. The van der Waals surface area contributed by atoms with E-state index < -0.39 is 5.60 Å². The third kappa shape index (κ3) is 5.00. The molecule has 31 heavy (non-hydrogen) atoms. The second-order valence-electron chi connectivity index (χ2n) is 8.88. The first-order chi connectivity index (χ1) is 15.0. The molecule has 1 saturated heterocycles. The predicted octanol–water partition coefficient (Wildman–Crippen LogP) is 4.77. The normalized spacial score (nSPS) is 24.9. The molecule has 1 N–H and O–H groups in total. The Morgan fingerprint density at radius 3 is 2.61 bits per heavy atom. The van der Waals surface area contributed by atoms with Crippen LogP contribution in [0.4, 0.5) is 10.1 Å². The van der Waals surface area contributed by atoms with E-state index in [9.17, 15) is 9.50 Å². The zero-order chi connectivity index (χ0) is 21.8. The summed E-state index contributed by atoms with van der Waals surface area (Å²) in [6.45, 7) is 4.55. The molecule has 0 aromatic heterocycles. The van der Waals surface area contributed by atoms with Gasteiger partial charge in [0.25, 0.3) is 0 Å². The van der Waals surface area contributed by atoms with Gasteiger partial charge in [-0.1, -0.05) is 42.6 Å². The van der Waals surface area contributed by atoms with Gasteiger partial charge in [-0.05, 0) is 37.1 Å². The molecule has 6 heteroatoms. The number of benzene rings is 2. The molecule has 4 nitrogen and oxygen atoms in total. The van der Waals surface area contributed by atoms with Crippen LogP contribution in [-0.4, -0.2) is 55.4 Å². The Hall–Kier alpha value is -1.82. The summed E-state index contributed by atoms with van der Waals surface area (Å²) in [4.78, 5) is 4.80. The van der Waals surface area contributed by atoms with Crippen LogP contribution in [0.1, 0.15) is 31.2 Å². The van der Waals surface area contributed by atoms with Crippen LogP contribution in [0.5, 0.6) is 5.75 Å². The Morgan fingerprint density at radius 2 is 1.87 bits per heavy atom. The molecule has 2 unspecified atom stereocenters. The van der Waals surface area contributed by atoms with Crippen molar-refractivity contribution in [3.8, 4) is 5.75 Å². The van der Waals surface area contributed by atoms with E-state index in [0.717, 1.165) is 63.4 Å². The van der Waals surface area contributed by atoms with Crippen LogP contribution in [-0.2, 0) is 6.42 Å². The Kier molecular flexibility index (Phi) is 7.05. The number of anilines is 1. The molecule has 2 fully saturated rings. The molecule has 1 heterocycles. The second kappa shape index (κ2) is 9.76. The van der Waals surface area contributed by atoms with Crippen LogP contribution in [0.25, 0.3) is 0 Å². The van der Waals surface area contributed by atoms with Gasteiger partial charge in [0.05, 0.1) is 18.4 Å². The van der Waals surface area contributed by atoms with Gasteiger partial charge >= 0.3 is 0 Å². The molecule has 0 amide bonds. The SMILES string of the molecule is COc1ccccc1N1CCN(CC2CCCCC2(O)Cc2c(F)cccc2Cl)CC1. The molecule has 0 spiro atoms. The number of rotatable bonds is 6. The topological polar surface area (TPSA) is 35.9 Å². The van der Waals surface area contributed by atoms with Crippen LogP contribution in [0.3, 0.4) is 0 Å². The summed E-state index contributed by atoms with van der Waals surface area (Å²) in [7, 11) is 1.71. The van der Waals surface area contributed by atoms with Crippen LogP contribution in [0.2, 0.25) is 5.02 Å². The van der Waals surface area contributed by atoms with Crippen LogP contribution < -0.4 is 9.64 Å². The average Bonchev–Trinajstić information content (AvgIpc) is 2.79. The van der Waals surface area contributed by atoms with Crippen molar-refractivity contribution in [2.24, 2.45) is 5.92 Å². The highest BCUT2D eigenvalue weighted by Crippen LogP contribution is 2.39. The number of ether oxygens (including phenoxy) is 1. The van der Waals surface area contributed by atoms with Gasteiger partial charge in [0.2, 0.25) is 0 Å². The molecular weight excluding hydrogens is 415 g/mol. The molecule has 1 aliphatic carbocycles. The maximum absolute atomic E-state index is 14.4. The number of piperazine rings is 1. The maximum atomic E-state index is 14.4. The summed E-state index contributed by atoms with van der Waals surface area (Å²) in [5.74, 6) is 0.699. The van der Waals surface area contributed by atoms with Gasteiger partial charge in [-0.3, -0.25) is 4.90 Å². The minimum atomic E-state index is -0.913.